The first-order chi connectivity index (χ1) is 4.24. The molecule has 0 amide bonds. The molecule has 0 spiro atoms. The van der Waals surface area contributed by atoms with E-state index < -0.39 is 6.87 Å². The van der Waals surface area contributed by atoms with Crippen molar-refractivity contribution in [1.29, 1.82) is 0 Å². The van der Waals surface area contributed by atoms with Crippen LogP contribution in [-0.2, 0) is 4.12 Å². The monoisotopic (exact) mass is 210 g/mol. The first-order valence-corrected chi connectivity index (χ1v) is 17.7. The van der Waals surface area contributed by atoms with Crippen molar-refractivity contribution >= 4 is 44.5 Å². The summed E-state index contributed by atoms with van der Waals surface area (Å²) in [5, 5.41) is 0. The van der Waals surface area contributed by atoms with E-state index in [9.17, 15) is 0 Å². The number of hydrogen-bond acceptors (Lipinski definition) is 1. The Morgan fingerprint density at radius 3 is 1.44 bits per heavy atom. The first-order valence-electron chi connectivity index (χ1n) is 3.79. The lowest BCUT2D eigenvalue weighted by Crippen LogP contribution is -2.54. The molecule has 0 aliphatic carbocycles. The van der Waals surface area contributed by atoms with Crippen LogP contribution in [0.25, 0.3) is 0 Å². The molecule has 1 nitrogen and oxygen atoms in total. The summed E-state index contributed by atoms with van der Waals surface area (Å²) < 4.78 is 5.85. The van der Waals surface area contributed by atoms with Crippen molar-refractivity contribution in [2.24, 2.45) is 0 Å². The molecule has 0 aliphatic heterocycles. The van der Waals surface area contributed by atoms with Crippen LogP contribution in [0, 0.1) is 0 Å². The Kier molecular flexibility index (Phi) is 5.36. The zero-order valence-electron chi connectivity index (χ0n) is 7.03. The van der Waals surface area contributed by atoms with Crippen molar-refractivity contribution in [2.75, 3.05) is 0 Å². The quantitative estimate of drug-likeness (QED) is 0.462. The van der Waals surface area contributed by atoms with Crippen molar-refractivity contribution in [3.05, 3.63) is 0 Å². The summed E-state index contributed by atoms with van der Waals surface area (Å²) >= 11 is 0. The Morgan fingerprint density at radius 2 is 1.44 bits per heavy atom. The lowest BCUT2D eigenvalue weighted by molar-refractivity contribution is 0.663. The third-order valence-electron chi connectivity index (χ3n) is 2.37. The Bertz CT molecular complexity index is 55.1. The van der Waals surface area contributed by atoms with E-state index in [0.29, 0.717) is 27.1 Å². The van der Waals surface area contributed by atoms with Gasteiger partial charge in [0.25, 0.3) is 0 Å². The van der Waals surface area contributed by atoms with Gasteiger partial charge in [0.15, 0.2) is 0 Å². The molecule has 0 aromatic heterocycles. The summed E-state index contributed by atoms with van der Waals surface area (Å²) in [7, 11) is 1.93. The Morgan fingerprint density at radius 1 is 1.11 bits per heavy atom. The van der Waals surface area contributed by atoms with Gasteiger partial charge in [-0.2, -0.15) is 0 Å². The smallest absolute Gasteiger partial charge is 0.129 e. The molecule has 0 rings (SSSR count). The number of rotatable bonds is 4. The molecule has 9 heavy (non-hydrogen) atoms. The van der Waals surface area contributed by atoms with Gasteiger partial charge in [-0.1, -0.05) is 19.6 Å². The van der Waals surface area contributed by atoms with Gasteiger partial charge in [-0.25, -0.2) is 0 Å². The molecule has 0 heterocycles. The fourth-order valence-corrected chi connectivity index (χ4v) is 31.9. The summed E-state index contributed by atoms with van der Waals surface area (Å²) in [6.45, 7) is 6.70. The van der Waals surface area contributed by atoms with Crippen LogP contribution in [0.2, 0.25) is 19.6 Å². The fraction of sp³-hybridized carbons (Fsp3) is 1.00. The second kappa shape index (κ2) is 4.80. The molecule has 0 radical (unpaired) electrons. The summed E-state index contributed by atoms with van der Waals surface area (Å²) in [6, 6.07) is 0. The van der Waals surface area contributed by atoms with Crippen LogP contribution in [0.15, 0.2) is 0 Å². The van der Waals surface area contributed by atoms with Crippen LogP contribution in [0.1, 0.15) is 0 Å². The highest BCUT2D eigenvalue weighted by Gasteiger charge is 2.25. The van der Waals surface area contributed by atoms with E-state index in [4.69, 9.17) is 4.12 Å². The minimum Gasteiger partial charge on any atom is -0.471 e. The van der Waals surface area contributed by atoms with Crippen molar-refractivity contribution in [2.45, 2.75) is 19.6 Å². The average molecular weight is 211 g/mol. The SMILES string of the molecule is C[SiH2][Si](O[SiH3])([SiH2]C)[SiH2]C. The van der Waals surface area contributed by atoms with Gasteiger partial charge in [0.2, 0.25) is 0 Å². The van der Waals surface area contributed by atoms with E-state index in [1.807, 2.05) is 0 Å². The van der Waals surface area contributed by atoms with Crippen LogP contribution >= 0.6 is 0 Å². The molecule has 0 aliphatic rings. The Labute approximate surface area is 68.5 Å². The van der Waals surface area contributed by atoms with Crippen molar-refractivity contribution in [1.82, 2.24) is 0 Å². The minimum atomic E-state index is -0.713. The second-order valence-corrected chi connectivity index (χ2v) is 35.5. The van der Waals surface area contributed by atoms with Crippen LogP contribution < -0.4 is 0 Å². The van der Waals surface area contributed by atoms with Crippen LogP contribution in [0.5, 0.6) is 0 Å². The molecule has 0 aromatic rings. The molecule has 0 N–H and O–H groups in total. The molecule has 0 unspecified atom stereocenters. The maximum atomic E-state index is 5.85. The molecule has 0 bridgehead atoms. The molecular weight excluding hydrogens is 192 g/mol. The van der Waals surface area contributed by atoms with Gasteiger partial charge in [0.05, 0.1) is 0 Å². The molecule has 0 saturated carbocycles. The molecular formula is C3H18OSi5. The zero-order chi connectivity index (χ0) is 7.33. The highest BCUT2D eigenvalue weighted by atomic mass is 29.9. The van der Waals surface area contributed by atoms with Crippen molar-refractivity contribution < 1.29 is 4.12 Å². The molecule has 0 fully saturated rings. The minimum absolute atomic E-state index is 0.296. The van der Waals surface area contributed by atoms with Gasteiger partial charge in [-0.15, -0.1) is 0 Å². The summed E-state index contributed by atoms with van der Waals surface area (Å²) in [5.74, 6) is 0. The molecule has 0 atom stereocenters. The maximum absolute atomic E-state index is 5.85. The maximum Gasteiger partial charge on any atom is 0.129 e. The standard InChI is InChI=1S/C3H18OSi5/c1-6-9(4-5,7-2)8-3/h6-8H2,1-3,5H3. The predicted molar refractivity (Wildman–Crippen MR) is 60.0 cm³/mol. The Balaban J connectivity index is 3.82. The molecule has 56 valence electrons. The summed E-state index contributed by atoms with van der Waals surface area (Å²) in [5.41, 5.74) is 0. The van der Waals surface area contributed by atoms with E-state index in [1.165, 1.54) is 0 Å². The first kappa shape index (κ1) is 10.0. The topological polar surface area (TPSA) is 9.23 Å². The van der Waals surface area contributed by atoms with Gasteiger partial charge in [-0.05, 0) is 0 Å². The van der Waals surface area contributed by atoms with Gasteiger partial charge in [0, 0.05) is 27.1 Å². The van der Waals surface area contributed by atoms with Gasteiger partial charge in [0.1, 0.15) is 17.4 Å². The average Bonchev–Trinajstić information content (AvgIpc) is 1.95. The van der Waals surface area contributed by atoms with Gasteiger partial charge >= 0.3 is 0 Å². The number of hydrogen-bond donors (Lipinski definition) is 0. The normalized spacial score (nSPS) is 21.7. The van der Waals surface area contributed by atoms with E-state index in [-0.39, 0.29) is 0 Å². The molecule has 6 heteroatoms. The van der Waals surface area contributed by atoms with Crippen molar-refractivity contribution in [3.63, 3.8) is 0 Å². The lowest BCUT2D eigenvalue weighted by atomic mass is 11.9. The fourth-order valence-electron chi connectivity index (χ4n) is 1.18. The lowest BCUT2D eigenvalue weighted by Gasteiger charge is -2.25. The summed E-state index contributed by atoms with van der Waals surface area (Å²) in [4.78, 5) is 0. The highest BCUT2D eigenvalue weighted by molar-refractivity contribution is 7.67. The third-order valence-corrected chi connectivity index (χ3v) is 56.1. The Hall–Kier alpha value is 1.04. The van der Waals surface area contributed by atoms with E-state index in [2.05, 4.69) is 19.6 Å². The van der Waals surface area contributed by atoms with Gasteiger partial charge in [-0.3, -0.25) is 0 Å². The predicted octanol–water partition coefficient (Wildman–Crippen LogP) is -2.63. The van der Waals surface area contributed by atoms with Crippen molar-refractivity contribution in [3.8, 4) is 0 Å². The van der Waals surface area contributed by atoms with E-state index >= 15 is 0 Å². The van der Waals surface area contributed by atoms with Crippen LogP contribution in [0.4, 0.5) is 0 Å². The van der Waals surface area contributed by atoms with Crippen LogP contribution in [0.3, 0.4) is 0 Å². The second-order valence-electron chi connectivity index (χ2n) is 2.45. The van der Waals surface area contributed by atoms with Crippen LogP contribution in [-0.4, -0.2) is 44.5 Å². The zero-order valence-corrected chi connectivity index (χ0v) is 14.3. The van der Waals surface area contributed by atoms with E-state index in [0.717, 1.165) is 10.5 Å². The highest BCUT2D eigenvalue weighted by Crippen LogP contribution is 1.96. The largest absolute Gasteiger partial charge is 0.471 e. The molecule has 0 aromatic carbocycles. The van der Waals surface area contributed by atoms with Gasteiger partial charge < -0.3 is 4.12 Å². The molecule has 0 saturated heterocycles. The van der Waals surface area contributed by atoms with E-state index in [1.54, 1.807) is 0 Å². The third kappa shape index (κ3) is 2.64. The summed E-state index contributed by atoms with van der Waals surface area (Å²) in [6.07, 6.45) is 0.